The molecule has 0 atom stereocenters. The van der Waals surface area contributed by atoms with Gasteiger partial charge in [0.1, 0.15) is 0 Å². The highest BCUT2D eigenvalue weighted by atomic mass is 15.1. The van der Waals surface area contributed by atoms with Gasteiger partial charge in [-0.05, 0) is 24.4 Å². The van der Waals surface area contributed by atoms with E-state index in [1.165, 1.54) is 16.5 Å². The smallest absolute Gasteiger partial charge is 0.0490 e. The van der Waals surface area contributed by atoms with E-state index in [1.54, 1.807) is 0 Å². The minimum Gasteiger partial charge on any atom is -0.341 e. The fourth-order valence-corrected chi connectivity index (χ4v) is 2.75. The minimum atomic E-state index is 0.491. The number of hydrogen-bond acceptors (Lipinski definition) is 3. The maximum absolute atomic E-state index is 5.87. The van der Waals surface area contributed by atoms with Crippen molar-refractivity contribution in [3.63, 3.8) is 0 Å². The van der Waals surface area contributed by atoms with Crippen molar-refractivity contribution in [1.82, 2.24) is 4.98 Å². The number of benzene rings is 2. The van der Waals surface area contributed by atoms with E-state index in [4.69, 9.17) is 5.73 Å². The van der Waals surface area contributed by atoms with Crippen LogP contribution >= 0.6 is 0 Å². The molecule has 0 saturated heterocycles. The normalized spacial score (nSPS) is 10.8. The maximum Gasteiger partial charge on any atom is 0.0490 e. The summed E-state index contributed by atoms with van der Waals surface area (Å²) in [7, 11) is 0. The lowest BCUT2D eigenvalue weighted by molar-refractivity contribution is 0.975. The molecule has 0 spiro atoms. The van der Waals surface area contributed by atoms with E-state index >= 15 is 0 Å². The summed E-state index contributed by atoms with van der Waals surface area (Å²) in [6.45, 7) is 3.53. The predicted octanol–water partition coefficient (Wildman–Crippen LogP) is 3.85. The van der Waals surface area contributed by atoms with Gasteiger partial charge in [0.25, 0.3) is 0 Å². The third-order valence-corrected chi connectivity index (χ3v) is 3.76. The molecular weight excluding hydrogens is 258 g/mol. The average molecular weight is 277 g/mol. The predicted molar refractivity (Wildman–Crippen MR) is 88.8 cm³/mol. The summed E-state index contributed by atoms with van der Waals surface area (Å²) in [5, 5.41) is 2.50. The van der Waals surface area contributed by atoms with Gasteiger partial charge in [-0.15, -0.1) is 0 Å². The second-order valence-electron chi connectivity index (χ2n) is 4.95. The van der Waals surface area contributed by atoms with E-state index in [-0.39, 0.29) is 0 Å². The zero-order valence-corrected chi connectivity index (χ0v) is 12.2. The molecule has 0 unspecified atom stereocenters. The highest BCUT2D eigenvalue weighted by molar-refractivity contribution is 5.96. The quantitative estimate of drug-likeness (QED) is 0.787. The van der Waals surface area contributed by atoms with Gasteiger partial charge in [-0.25, -0.2) is 0 Å². The molecule has 0 fully saturated rings. The lowest BCUT2D eigenvalue weighted by Crippen LogP contribution is -2.19. The molecule has 2 N–H and O–H groups in total. The first-order chi connectivity index (χ1) is 10.3. The van der Waals surface area contributed by atoms with Crippen LogP contribution in [-0.2, 0) is 6.54 Å². The summed E-state index contributed by atoms with van der Waals surface area (Å²) in [5.74, 6) is 0. The third kappa shape index (κ3) is 2.48. The zero-order chi connectivity index (χ0) is 14.7. The Bertz CT molecular complexity index is 747. The molecule has 0 saturated carbocycles. The number of anilines is 2. The Morgan fingerprint density at radius 3 is 2.62 bits per heavy atom. The van der Waals surface area contributed by atoms with Gasteiger partial charge in [-0.1, -0.05) is 36.4 Å². The molecule has 0 amide bonds. The standard InChI is InChI=1S/C18H19N3/c1-2-21(17-10-11-20-13-15(17)12-19)18-9-5-7-14-6-3-4-8-16(14)18/h3-11,13H,2,12,19H2,1H3. The molecule has 0 aliphatic carbocycles. The average Bonchev–Trinajstić information content (AvgIpc) is 2.56. The number of nitrogens with two attached hydrogens (primary N) is 1. The van der Waals surface area contributed by atoms with Gasteiger partial charge >= 0.3 is 0 Å². The molecule has 0 radical (unpaired) electrons. The fourth-order valence-electron chi connectivity index (χ4n) is 2.75. The number of rotatable bonds is 4. The van der Waals surface area contributed by atoms with Crippen molar-refractivity contribution in [2.75, 3.05) is 11.4 Å². The van der Waals surface area contributed by atoms with Crippen LogP contribution in [-0.4, -0.2) is 11.5 Å². The third-order valence-electron chi connectivity index (χ3n) is 3.76. The molecule has 106 valence electrons. The summed E-state index contributed by atoms with van der Waals surface area (Å²) >= 11 is 0. The summed E-state index contributed by atoms with van der Waals surface area (Å²) < 4.78 is 0. The second-order valence-corrected chi connectivity index (χ2v) is 4.95. The van der Waals surface area contributed by atoms with Gasteiger partial charge in [0.2, 0.25) is 0 Å². The summed E-state index contributed by atoms with van der Waals surface area (Å²) in [6.07, 6.45) is 3.67. The van der Waals surface area contributed by atoms with Crippen LogP contribution in [0.25, 0.3) is 10.8 Å². The molecule has 0 bridgehead atoms. The number of hydrogen-bond donors (Lipinski definition) is 1. The Balaban J connectivity index is 2.19. The first kappa shape index (κ1) is 13.6. The lowest BCUT2D eigenvalue weighted by Gasteiger charge is -2.26. The molecule has 21 heavy (non-hydrogen) atoms. The van der Waals surface area contributed by atoms with Crippen LogP contribution in [0, 0.1) is 0 Å². The van der Waals surface area contributed by atoms with Crippen molar-refractivity contribution in [3.8, 4) is 0 Å². The first-order valence-electron chi connectivity index (χ1n) is 7.23. The second kappa shape index (κ2) is 5.94. The topological polar surface area (TPSA) is 42.2 Å². The number of nitrogens with zero attached hydrogens (tertiary/aromatic N) is 2. The van der Waals surface area contributed by atoms with Crippen molar-refractivity contribution in [2.45, 2.75) is 13.5 Å². The molecule has 2 aromatic carbocycles. The van der Waals surface area contributed by atoms with Crippen molar-refractivity contribution in [1.29, 1.82) is 0 Å². The molecule has 0 aliphatic heterocycles. The highest BCUT2D eigenvalue weighted by Crippen LogP contribution is 2.33. The van der Waals surface area contributed by atoms with Gasteiger partial charge in [-0.2, -0.15) is 0 Å². The van der Waals surface area contributed by atoms with E-state index in [2.05, 4.69) is 59.3 Å². The SMILES string of the molecule is CCN(c1ccncc1CN)c1cccc2ccccc12. The monoisotopic (exact) mass is 277 g/mol. The Labute approximate surface area is 125 Å². The molecular formula is C18H19N3. The highest BCUT2D eigenvalue weighted by Gasteiger charge is 2.13. The molecule has 3 rings (SSSR count). The molecule has 3 nitrogen and oxygen atoms in total. The van der Waals surface area contributed by atoms with Crippen molar-refractivity contribution >= 4 is 22.1 Å². The molecule has 1 heterocycles. The van der Waals surface area contributed by atoms with Crippen LogP contribution in [0.15, 0.2) is 60.9 Å². The van der Waals surface area contributed by atoms with Gasteiger partial charge in [0.05, 0.1) is 0 Å². The van der Waals surface area contributed by atoms with Crippen LogP contribution in [0.5, 0.6) is 0 Å². The minimum absolute atomic E-state index is 0.491. The van der Waals surface area contributed by atoms with E-state index < -0.39 is 0 Å². The van der Waals surface area contributed by atoms with Gasteiger partial charge in [0.15, 0.2) is 0 Å². The summed E-state index contributed by atoms with van der Waals surface area (Å²) in [5.41, 5.74) is 9.27. The molecule has 3 aromatic rings. The number of pyridine rings is 1. The lowest BCUT2D eigenvalue weighted by atomic mass is 10.1. The van der Waals surface area contributed by atoms with E-state index in [0.29, 0.717) is 6.54 Å². The Hall–Kier alpha value is -2.39. The maximum atomic E-state index is 5.87. The van der Waals surface area contributed by atoms with Crippen LogP contribution < -0.4 is 10.6 Å². The Morgan fingerprint density at radius 2 is 1.81 bits per heavy atom. The van der Waals surface area contributed by atoms with Crippen molar-refractivity contribution in [2.24, 2.45) is 5.73 Å². The van der Waals surface area contributed by atoms with E-state index in [0.717, 1.165) is 17.8 Å². The van der Waals surface area contributed by atoms with Crippen LogP contribution in [0.4, 0.5) is 11.4 Å². The van der Waals surface area contributed by atoms with Crippen molar-refractivity contribution in [3.05, 3.63) is 66.5 Å². The largest absolute Gasteiger partial charge is 0.341 e. The molecule has 3 heteroatoms. The number of fused-ring (bicyclic) bond motifs is 1. The van der Waals surface area contributed by atoms with Crippen LogP contribution in [0.1, 0.15) is 12.5 Å². The molecule has 1 aromatic heterocycles. The summed E-state index contributed by atoms with van der Waals surface area (Å²) in [4.78, 5) is 6.48. The van der Waals surface area contributed by atoms with Gasteiger partial charge in [0, 0.05) is 47.8 Å². The summed E-state index contributed by atoms with van der Waals surface area (Å²) in [6, 6.07) is 16.9. The van der Waals surface area contributed by atoms with E-state index in [9.17, 15) is 0 Å². The Kier molecular flexibility index (Phi) is 3.84. The molecule has 0 aliphatic rings. The van der Waals surface area contributed by atoms with Crippen molar-refractivity contribution < 1.29 is 0 Å². The first-order valence-corrected chi connectivity index (χ1v) is 7.23. The van der Waals surface area contributed by atoms with Crippen LogP contribution in [0.3, 0.4) is 0 Å². The van der Waals surface area contributed by atoms with Crippen LogP contribution in [0.2, 0.25) is 0 Å². The fraction of sp³-hybridized carbons (Fsp3) is 0.167. The number of aromatic nitrogens is 1. The zero-order valence-electron chi connectivity index (χ0n) is 12.2. The van der Waals surface area contributed by atoms with Gasteiger partial charge < -0.3 is 10.6 Å². The van der Waals surface area contributed by atoms with E-state index in [1.807, 2.05) is 18.5 Å². The van der Waals surface area contributed by atoms with Gasteiger partial charge in [-0.3, -0.25) is 4.98 Å². The Morgan fingerprint density at radius 1 is 1.00 bits per heavy atom.